The largest absolute Gasteiger partial charge is 0.497 e. The van der Waals surface area contributed by atoms with Gasteiger partial charge in [-0.05, 0) is 24.3 Å². The van der Waals surface area contributed by atoms with Crippen LogP contribution in [0.15, 0.2) is 18.2 Å². The van der Waals surface area contributed by atoms with Gasteiger partial charge in [-0.25, -0.2) is 4.39 Å². The molecule has 1 fully saturated rings. The molecular weight excluding hydrogens is 205 g/mol. The SMILES string of the molecule is COc1ccc(CNCC2(C)CC2)c(F)c1. The van der Waals surface area contributed by atoms with Crippen LogP contribution in [0.4, 0.5) is 4.39 Å². The van der Waals surface area contributed by atoms with E-state index in [0.29, 0.717) is 23.3 Å². The summed E-state index contributed by atoms with van der Waals surface area (Å²) in [4.78, 5) is 0. The number of hydrogen-bond acceptors (Lipinski definition) is 2. The number of ether oxygens (including phenoxy) is 1. The first-order valence-corrected chi connectivity index (χ1v) is 5.66. The van der Waals surface area contributed by atoms with Gasteiger partial charge in [0, 0.05) is 24.7 Å². The van der Waals surface area contributed by atoms with Gasteiger partial charge in [0.2, 0.25) is 0 Å². The van der Waals surface area contributed by atoms with E-state index >= 15 is 0 Å². The van der Waals surface area contributed by atoms with Crippen molar-refractivity contribution in [3.05, 3.63) is 29.6 Å². The second-order valence-corrected chi connectivity index (χ2v) is 4.87. The summed E-state index contributed by atoms with van der Waals surface area (Å²) >= 11 is 0. The molecule has 1 saturated carbocycles. The number of methoxy groups -OCH3 is 1. The first-order valence-electron chi connectivity index (χ1n) is 5.66. The number of rotatable bonds is 5. The lowest BCUT2D eigenvalue weighted by molar-refractivity contribution is 0.410. The van der Waals surface area contributed by atoms with Gasteiger partial charge in [0.05, 0.1) is 7.11 Å². The van der Waals surface area contributed by atoms with Crippen molar-refractivity contribution in [2.24, 2.45) is 5.41 Å². The highest BCUT2D eigenvalue weighted by atomic mass is 19.1. The Morgan fingerprint density at radius 1 is 1.44 bits per heavy atom. The summed E-state index contributed by atoms with van der Waals surface area (Å²) in [5, 5.41) is 3.30. The third kappa shape index (κ3) is 2.73. The number of benzene rings is 1. The lowest BCUT2D eigenvalue weighted by Gasteiger charge is -2.11. The summed E-state index contributed by atoms with van der Waals surface area (Å²) < 4.78 is 18.5. The van der Waals surface area contributed by atoms with Crippen LogP contribution in [-0.4, -0.2) is 13.7 Å². The maximum atomic E-state index is 13.6. The van der Waals surface area contributed by atoms with Crippen LogP contribution in [0.2, 0.25) is 0 Å². The fraction of sp³-hybridized carbons (Fsp3) is 0.538. The average molecular weight is 223 g/mol. The van der Waals surface area contributed by atoms with Crippen LogP contribution < -0.4 is 10.1 Å². The van der Waals surface area contributed by atoms with Crippen molar-refractivity contribution in [1.82, 2.24) is 5.32 Å². The lowest BCUT2D eigenvalue weighted by Crippen LogP contribution is -2.22. The second kappa shape index (κ2) is 4.42. The van der Waals surface area contributed by atoms with E-state index in [4.69, 9.17) is 4.74 Å². The van der Waals surface area contributed by atoms with Crippen LogP contribution >= 0.6 is 0 Å². The van der Waals surface area contributed by atoms with Gasteiger partial charge >= 0.3 is 0 Å². The maximum absolute atomic E-state index is 13.6. The molecule has 0 unspecified atom stereocenters. The minimum absolute atomic E-state index is 0.201. The van der Waals surface area contributed by atoms with E-state index in [-0.39, 0.29) is 5.82 Å². The van der Waals surface area contributed by atoms with E-state index in [2.05, 4.69) is 12.2 Å². The quantitative estimate of drug-likeness (QED) is 0.828. The molecule has 1 aliphatic rings. The molecule has 88 valence electrons. The molecule has 1 aromatic rings. The fourth-order valence-electron chi connectivity index (χ4n) is 1.69. The van der Waals surface area contributed by atoms with E-state index in [0.717, 1.165) is 6.54 Å². The molecule has 1 aromatic carbocycles. The molecule has 0 bridgehead atoms. The van der Waals surface area contributed by atoms with Crippen LogP contribution in [-0.2, 0) is 6.54 Å². The summed E-state index contributed by atoms with van der Waals surface area (Å²) in [5.74, 6) is 0.364. The minimum atomic E-state index is -0.201. The topological polar surface area (TPSA) is 21.3 Å². The van der Waals surface area contributed by atoms with Gasteiger partial charge in [-0.1, -0.05) is 13.0 Å². The molecule has 2 nitrogen and oxygen atoms in total. The van der Waals surface area contributed by atoms with Gasteiger partial charge in [-0.15, -0.1) is 0 Å². The normalized spacial score (nSPS) is 17.2. The van der Waals surface area contributed by atoms with Crippen molar-refractivity contribution >= 4 is 0 Å². The van der Waals surface area contributed by atoms with Crippen molar-refractivity contribution < 1.29 is 9.13 Å². The zero-order valence-corrected chi connectivity index (χ0v) is 9.85. The molecule has 3 heteroatoms. The highest BCUT2D eigenvalue weighted by molar-refractivity contribution is 5.28. The maximum Gasteiger partial charge on any atom is 0.131 e. The Morgan fingerprint density at radius 3 is 2.75 bits per heavy atom. The van der Waals surface area contributed by atoms with E-state index in [1.165, 1.54) is 18.9 Å². The lowest BCUT2D eigenvalue weighted by atomic mass is 10.1. The summed E-state index contributed by atoms with van der Waals surface area (Å²) in [6.45, 7) is 3.81. The van der Waals surface area contributed by atoms with E-state index in [9.17, 15) is 4.39 Å². The zero-order valence-electron chi connectivity index (χ0n) is 9.85. The average Bonchev–Trinajstić information content (AvgIpc) is 2.99. The Hall–Kier alpha value is -1.09. The van der Waals surface area contributed by atoms with Crippen molar-refractivity contribution in [2.45, 2.75) is 26.3 Å². The molecule has 0 saturated heterocycles. The van der Waals surface area contributed by atoms with Gasteiger partial charge < -0.3 is 10.1 Å². The van der Waals surface area contributed by atoms with E-state index in [1.54, 1.807) is 19.2 Å². The van der Waals surface area contributed by atoms with Gasteiger partial charge in [0.25, 0.3) is 0 Å². The van der Waals surface area contributed by atoms with Gasteiger partial charge in [-0.2, -0.15) is 0 Å². The molecule has 0 aromatic heterocycles. The van der Waals surface area contributed by atoms with Crippen molar-refractivity contribution in [1.29, 1.82) is 0 Å². The Labute approximate surface area is 95.8 Å². The molecule has 1 aliphatic carbocycles. The smallest absolute Gasteiger partial charge is 0.131 e. The molecule has 0 amide bonds. The standard InChI is InChI=1S/C13H18FNO/c1-13(5-6-13)9-15-8-10-3-4-11(16-2)7-12(10)14/h3-4,7,15H,5-6,8-9H2,1-2H3. The molecule has 0 spiro atoms. The Morgan fingerprint density at radius 2 is 2.19 bits per heavy atom. The van der Waals surface area contributed by atoms with Gasteiger partial charge in [0.15, 0.2) is 0 Å². The minimum Gasteiger partial charge on any atom is -0.497 e. The second-order valence-electron chi connectivity index (χ2n) is 4.87. The van der Waals surface area contributed by atoms with Crippen LogP contribution in [0.1, 0.15) is 25.3 Å². The monoisotopic (exact) mass is 223 g/mol. The number of hydrogen-bond donors (Lipinski definition) is 1. The van der Waals surface area contributed by atoms with Crippen LogP contribution in [0.5, 0.6) is 5.75 Å². The first-order chi connectivity index (χ1) is 7.63. The highest BCUT2D eigenvalue weighted by Crippen LogP contribution is 2.44. The third-order valence-corrected chi connectivity index (χ3v) is 3.23. The molecule has 0 radical (unpaired) electrons. The molecule has 0 aliphatic heterocycles. The number of halogens is 1. The fourth-order valence-corrected chi connectivity index (χ4v) is 1.69. The van der Waals surface area contributed by atoms with Crippen molar-refractivity contribution in [2.75, 3.05) is 13.7 Å². The van der Waals surface area contributed by atoms with E-state index in [1.807, 2.05) is 0 Å². The molecule has 2 rings (SSSR count). The van der Waals surface area contributed by atoms with Gasteiger partial charge in [-0.3, -0.25) is 0 Å². The molecule has 0 atom stereocenters. The predicted octanol–water partition coefficient (Wildman–Crippen LogP) is 2.72. The molecule has 0 heterocycles. The van der Waals surface area contributed by atoms with E-state index < -0.39 is 0 Å². The third-order valence-electron chi connectivity index (χ3n) is 3.23. The van der Waals surface area contributed by atoms with Crippen LogP contribution in [0.25, 0.3) is 0 Å². The zero-order chi connectivity index (χ0) is 11.6. The summed E-state index contributed by atoms with van der Waals surface area (Å²) in [6.07, 6.45) is 2.57. The summed E-state index contributed by atoms with van der Waals surface area (Å²) in [5.41, 5.74) is 1.16. The summed E-state index contributed by atoms with van der Waals surface area (Å²) in [6, 6.07) is 4.99. The highest BCUT2D eigenvalue weighted by Gasteiger charge is 2.36. The molecular formula is C13H18FNO. The number of nitrogens with one attached hydrogen (secondary N) is 1. The Bertz CT molecular complexity index is 374. The van der Waals surface area contributed by atoms with Gasteiger partial charge in [0.1, 0.15) is 11.6 Å². The Kier molecular flexibility index (Phi) is 3.15. The molecule has 16 heavy (non-hydrogen) atoms. The first kappa shape index (κ1) is 11.4. The van der Waals surface area contributed by atoms with Crippen LogP contribution in [0, 0.1) is 11.2 Å². The van der Waals surface area contributed by atoms with Crippen LogP contribution in [0.3, 0.4) is 0 Å². The molecule has 1 N–H and O–H groups in total. The summed E-state index contributed by atoms with van der Waals surface area (Å²) in [7, 11) is 1.54. The van der Waals surface area contributed by atoms with Crippen molar-refractivity contribution in [3.63, 3.8) is 0 Å². The predicted molar refractivity (Wildman–Crippen MR) is 62.0 cm³/mol. The van der Waals surface area contributed by atoms with Crippen molar-refractivity contribution in [3.8, 4) is 5.75 Å². The Balaban J connectivity index is 1.88.